The molecule has 3 aromatic rings. The Morgan fingerprint density at radius 1 is 0.923 bits per heavy atom. The van der Waals surface area contributed by atoms with Crippen molar-refractivity contribution in [1.29, 1.82) is 0 Å². The van der Waals surface area contributed by atoms with Crippen LogP contribution >= 0.6 is 0 Å². The van der Waals surface area contributed by atoms with E-state index < -0.39 is 0 Å². The number of hydrogen-bond donors (Lipinski definition) is 0. The minimum Gasteiger partial charge on any atom is -0.294 e. The molecule has 1 heterocycles. The lowest BCUT2D eigenvalue weighted by Gasteiger charge is -2.10. The van der Waals surface area contributed by atoms with Crippen LogP contribution in [0.15, 0.2) is 54.7 Å². The van der Waals surface area contributed by atoms with E-state index in [4.69, 9.17) is 0 Å². The molecule has 134 valence electrons. The fourth-order valence-electron chi connectivity index (χ4n) is 3.45. The van der Waals surface area contributed by atoms with Crippen molar-refractivity contribution in [1.82, 2.24) is 4.98 Å². The number of fused-ring (bicyclic) bond motifs is 1. The van der Waals surface area contributed by atoms with Gasteiger partial charge in [0.1, 0.15) is 0 Å². The molecule has 0 saturated carbocycles. The fraction of sp³-hybridized carbons (Fsp3) is 0.333. The van der Waals surface area contributed by atoms with Crippen molar-refractivity contribution in [2.45, 2.75) is 52.4 Å². The Balaban J connectivity index is 1.90. The maximum absolute atomic E-state index is 12.2. The van der Waals surface area contributed by atoms with E-state index in [1.165, 1.54) is 36.8 Å². The summed E-state index contributed by atoms with van der Waals surface area (Å²) < 4.78 is 0. The summed E-state index contributed by atoms with van der Waals surface area (Å²) >= 11 is 0. The van der Waals surface area contributed by atoms with E-state index in [0.29, 0.717) is 6.42 Å². The van der Waals surface area contributed by atoms with E-state index in [1.807, 2.05) is 19.1 Å². The highest BCUT2D eigenvalue weighted by Crippen LogP contribution is 2.30. The Bertz CT molecular complexity index is 880. The quantitative estimate of drug-likeness (QED) is 0.339. The molecular weight excluding hydrogens is 318 g/mol. The molecule has 0 amide bonds. The summed E-state index contributed by atoms with van der Waals surface area (Å²) in [6.45, 7) is 4.14. The molecule has 0 unspecified atom stereocenters. The van der Waals surface area contributed by atoms with Crippen LogP contribution in [0.25, 0.3) is 22.0 Å². The van der Waals surface area contributed by atoms with Crippen LogP contribution < -0.4 is 0 Å². The maximum atomic E-state index is 12.2. The summed E-state index contributed by atoms with van der Waals surface area (Å²) in [5, 5.41) is 1.04. The molecule has 3 rings (SSSR count). The van der Waals surface area contributed by atoms with Crippen LogP contribution in [-0.4, -0.2) is 10.8 Å². The summed E-state index contributed by atoms with van der Waals surface area (Å²) in [6.07, 6.45) is 8.56. The minimum atomic E-state index is 0.141. The van der Waals surface area contributed by atoms with E-state index in [9.17, 15) is 4.79 Å². The molecule has 0 aliphatic carbocycles. The second-order valence-electron chi connectivity index (χ2n) is 6.84. The van der Waals surface area contributed by atoms with E-state index in [-0.39, 0.29) is 5.78 Å². The van der Waals surface area contributed by atoms with Gasteiger partial charge in [0.05, 0.1) is 5.52 Å². The zero-order valence-corrected chi connectivity index (χ0v) is 15.8. The van der Waals surface area contributed by atoms with Gasteiger partial charge in [-0.25, -0.2) is 0 Å². The Labute approximate surface area is 156 Å². The third-order valence-electron chi connectivity index (χ3n) is 4.98. The van der Waals surface area contributed by atoms with Crippen LogP contribution in [0.4, 0.5) is 0 Å². The van der Waals surface area contributed by atoms with Gasteiger partial charge in [-0.3, -0.25) is 9.78 Å². The molecule has 0 N–H and O–H groups in total. The first kappa shape index (κ1) is 18.3. The lowest BCUT2D eigenvalue weighted by atomic mass is 9.95. The molecule has 2 nitrogen and oxygen atoms in total. The van der Waals surface area contributed by atoms with Crippen molar-refractivity contribution in [2.75, 3.05) is 0 Å². The molecule has 26 heavy (non-hydrogen) atoms. The van der Waals surface area contributed by atoms with Gasteiger partial charge < -0.3 is 0 Å². The summed E-state index contributed by atoms with van der Waals surface area (Å²) in [7, 11) is 0. The third-order valence-corrected chi connectivity index (χ3v) is 4.98. The van der Waals surface area contributed by atoms with E-state index in [1.54, 1.807) is 6.20 Å². The molecule has 0 aliphatic rings. The number of rotatable bonds is 8. The predicted molar refractivity (Wildman–Crippen MR) is 110 cm³/mol. The minimum absolute atomic E-state index is 0.141. The van der Waals surface area contributed by atoms with Gasteiger partial charge in [-0.05, 0) is 41.7 Å². The molecule has 2 heteroatoms. The number of hydrogen-bond acceptors (Lipinski definition) is 2. The van der Waals surface area contributed by atoms with Gasteiger partial charge in [-0.15, -0.1) is 0 Å². The topological polar surface area (TPSA) is 30.0 Å². The second-order valence-corrected chi connectivity index (χ2v) is 6.84. The summed E-state index contributed by atoms with van der Waals surface area (Å²) in [4.78, 5) is 16.7. The number of carbonyl (C=O) groups is 1. The molecule has 0 atom stereocenters. The number of aryl methyl sites for hydroxylation is 1. The third kappa shape index (κ3) is 4.01. The largest absolute Gasteiger partial charge is 0.294 e. The van der Waals surface area contributed by atoms with Gasteiger partial charge in [0, 0.05) is 23.6 Å². The van der Waals surface area contributed by atoms with Gasteiger partial charge in [-0.2, -0.15) is 0 Å². The zero-order chi connectivity index (χ0) is 18.4. The van der Waals surface area contributed by atoms with Crippen LogP contribution in [0, 0.1) is 0 Å². The number of unbranched alkanes of at least 4 members (excludes halogenated alkanes) is 3. The molecule has 0 saturated heterocycles. The van der Waals surface area contributed by atoms with Crippen LogP contribution in [0.1, 0.15) is 61.9 Å². The fourth-order valence-corrected chi connectivity index (χ4v) is 3.45. The summed E-state index contributed by atoms with van der Waals surface area (Å²) in [5.41, 5.74) is 5.24. The average Bonchev–Trinajstić information content (AvgIpc) is 2.70. The van der Waals surface area contributed by atoms with Gasteiger partial charge in [-0.1, -0.05) is 69.5 Å². The molecule has 0 bridgehead atoms. The number of ketones is 1. The molecule has 0 radical (unpaired) electrons. The van der Waals surface area contributed by atoms with Crippen molar-refractivity contribution in [3.8, 4) is 11.1 Å². The Hall–Kier alpha value is -2.48. The number of aromatic nitrogens is 1. The molecule has 0 fully saturated rings. The van der Waals surface area contributed by atoms with Crippen LogP contribution in [0.2, 0.25) is 0 Å². The normalized spacial score (nSPS) is 11.0. The molecule has 0 aliphatic heterocycles. The van der Waals surface area contributed by atoms with Gasteiger partial charge in [0.25, 0.3) is 0 Å². The van der Waals surface area contributed by atoms with E-state index in [0.717, 1.165) is 28.5 Å². The van der Waals surface area contributed by atoms with Gasteiger partial charge >= 0.3 is 0 Å². The van der Waals surface area contributed by atoms with E-state index in [2.05, 4.69) is 48.3 Å². The zero-order valence-electron chi connectivity index (χ0n) is 15.8. The van der Waals surface area contributed by atoms with Crippen molar-refractivity contribution >= 4 is 16.7 Å². The SMILES string of the molecule is CCCCCCc1ccc(-c2ccc(C(=O)CC)c3ncccc23)cc1. The molecule has 0 spiro atoms. The smallest absolute Gasteiger partial charge is 0.164 e. The van der Waals surface area contributed by atoms with Gasteiger partial charge in [0.2, 0.25) is 0 Å². The van der Waals surface area contributed by atoms with Gasteiger partial charge in [0.15, 0.2) is 5.78 Å². The second kappa shape index (κ2) is 8.75. The lowest BCUT2D eigenvalue weighted by Crippen LogP contribution is -1.99. The lowest BCUT2D eigenvalue weighted by molar-refractivity contribution is 0.0989. The Morgan fingerprint density at radius 3 is 2.46 bits per heavy atom. The average molecular weight is 345 g/mol. The number of Topliss-reactive ketones (excluding diaryl/α,β-unsaturated/α-hetero) is 1. The highest BCUT2D eigenvalue weighted by atomic mass is 16.1. The predicted octanol–water partition coefficient (Wildman–Crippen LogP) is 6.62. The highest BCUT2D eigenvalue weighted by Gasteiger charge is 2.13. The van der Waals surface area contributed by atoms with Crippen molar-refractivity contribution in [3.63, 3.8) is 0 Å². The van der Waals surface area contributed by atoms with Crippen molar-refractivity contribution in [3.05, 3.63) is 65.9 Å². The summed E-state index contributed by atoms with van der Waals surface area (Å²) in [6, 6.07) is 16.8. The number of carbonyl (C=O) groups excluding carboxylic acids is 1. The van der Waals surface area contributed by atoms with Crippen molar-refractivity contribution in [2.24, 2.45) is 0 Å². The number of pyridine rings is 1. The van der Waals surface area contributed by atoms with Crippen LogP contribution in [0.5, 0.6) is 0 Å². The Morgan fingerprint density at radius 2 is 1.73 bits per heavy atom. The first-order valence-electron chi connectivity index (χ1n) is 9.74. The first-order valence-corrected chi connectivity index (χ1v) is 9.74. The monoisotopic (exact) mass is 345 g/mol. The molecule has 1 aromatic heterocycles. The van der Waals surface area contributed by atoms with Crippen LogP contribution in [-0.2, 0) is 6.42 Å². The summed E-state index contributed by atoms with van der Waals surface area (Å²) in [5.74, 6) is 0.141. The van der Waals surface area contributed by atoms with E-state index >= 15 is 0 Å². The number of benzene rings is 2. The standard InChI is InChI=1S/C24H27NO/c1-3-5-6-7-9-18-11-13-19(14-12-18)20-15-16-22(23(26)4-2)24-21(20)10-8-17-25-24/h8,10-17H,3-7,9H2,1-2H3. The molecular formula is C24H27NO. The van der Waals surface area contributed by atoms with Crippen LogP contribution in [0.3, 0.4) is 0 Å². The first-order chi connectivity index (χ1) is 12.7. The maximum Gasteiger partial charge on any atom is 0.164 e. The molecule has 2 aromatic carbocycles. The number of nitrogens with zero attached hydrogens (tertiary/aromatic N) is 1. The Kier molecular flexibility index (Phi) is 6.17. The van der Waals surface area contributed by atoms with Crippen molar-refractivity contribution < 1.29 is 4.79 Å². The highest BCUT2D eigenvalue weighted by molar-refractivity contribution is 6.10.